The first-order valence-electron chi connectivity index (χ1n) is 13.8. The fourth-order valence-corrected chi connectivity index (χ4v) is 7.81. The van der Waals surface area contributed by atoms with Gasteiger partial charge in [0, 0.05) is 18.7 Å². The van der Waals surface area contributed by atoms with Crippen molar-refractivity contribution in [2.45, 2.75) is 43.5 Å². The van der Waals surface area contributed by atoms with E-state index in [4.69, 9.17) is 10.5 Å². The van der Waals surface area contributed by atoms with E-state index in [0.29, 0.717) is 16.9 Å². The number of nitrogens with zero attached hydrogens (tertiary/aromatic N) is 1. The number of carbonyl (C=O) groups is 2. The highest BCUT2D eigenvalue weighted by Gasteiger charge is 2.40. The van der Waals surface area contributed by atoms with E-state index in [0.717, 1.165) is 11.1 Å². The fraction of sp³-hybridized carbons (Fsp3) is 0.355. The third-order valence-corrected chi connectivity index (χ3v) is 10.2. The van der Waals surface area contributed by atoms with E-state index in [1.54, 1.807) is 12.1 Å². The number of carbonyl (C=O) groups excluding carboxylic acids is 2. The van der Waals surface area contributed by atoms with E-state index in [1.807, 2.05) is 56.3 Å². The van der Waals surface area contributed by atoms with Crippen LogP contribution in [0.15, 0.2) is 78.9 Å². The molecule has 0 bridgehead atoms. The number of hydrogen-bond donors (Lipinski definition) is 2. The van der Waals surface area contributed by atoms with E-state index in [-0.39, 0.29) is 31.2 Å². The molecule has 3 aromatic rings. The minimum absolute atomic E-state index is 0.0274. The molecule has 0 saturated carbocycles. The number of nitrogens with one attached hydrogen (secondary N) is 1. The second kappa shape index (κ2) is 14.3. The zero-order valence-electron chi connectivity index (χ0n) is 23.6. The molecule has 3 aromatic carbocycles. The van der Waals surface area contributed by atoms with Crippen LogP contribution in [-0.4, -0.2) is 54.9 Å². The van der Waals surface area contributed by atoms with Gasteiger partial charge in [0.1, 0.15) is 17.2 Å². The van der Waals surface area contributed by atoms with Gasteiger partial charge in [-0.3, -0.25) is 9.59 Å². The Labute approximate surface area is 250 Å². The van der Waals surface area contributed by atoms with Crippen molar-refractivity contribution in [2.24, 2.45) is 11.7 Å². The van der Waals surface area contributed by atoms with Crippen molar-refractivity contribution in [3.8, 4) is 11.1 Å². The SMILES string of the molecule is CC(C)[C@H](N)C(=O)OCC[C@H](NC(=O)[C@@H]1SCCN1S(=O)(=O)Cc1ccc(-c2ccccc2)cc1)c1ccc(F)cc1. The molecule has 224 valence electrons. The van der Waals surface area contributed by atoms with Crippen LogP contribution in [-0.2, 0) is 30.1 Å². The van der Waals surface area contributed by atoms with Gasteiger partial charge in [-0.2, -0.15) is 4.31 Å². The summed E-state index contributed by atoms with van der Waals surface area (Å²) in [5.41, 5.74) is 9.10. The highest BCUT2D eigenvalue weighted by atomic mass is 32.2. The molecule has 4 rings (SSSR count). The number of ether oxygens (including phenoxy) is 1. The van der Waals surface area contributed by atoms with Crippen molar-refractivity contribution in [1.82, 2.24) is 9.62 Å². The average Bonchev–Trinajstić information content (AvgIpc) is 3.49. The summed E-state index contributed by atoms with van der Waals surface area (Å²) in [5, 5.41) is 1.94. The molecular formula is C31H36FN3O5S2. The zero-order valence-corrected chi connectivity index (χ0v) is 25.2. The Bertz CT molecular complexity index is 1450. The van der Waals surface area contributed by atoms with Gasteiger partial charge >= 0.3 is 5.97 Å². The van der Waals surface area contributed by atoms with E-state index in [2.05, 4.69) is 5.32 Å². The molecule has 3 atom stereocenters. The third-order valence-electron chi connectivity index (χ3n) is 7.07. The number of esters is 1. The van der Waals surface area contributed by atoms with Crippen LogP contribution in [0.4, 0.5) is 4.39 Å². The number of nitrogens with two attached hydrogens (primary N) is 1. The topological polar surface area (TPSA) is 119 Å². The quantitative estimate of drug-likeness (QED) is 0.289. The summed E-state index contributed by atoms with van der Waals surface area (Å²) in [6, 6.07) is 21.4. The summed E-state index contributed by atoms with van der Waals surface area (Å²) in [4.78, 5) is 25.7. The third kappa shape index (κ3) is 8.19. The number of thioether (sulfide) groups is 1. The molecule has 0 unspecified atom stereocenters. The van der Waals surface area contributed by atoms with Crippen LogP contribution in [0, 0.1) is 11.7 Å². The molecule has 1 saturated heterocycles. The minimum Gasteiger partial charge on any atom is -0.464 e. The lowest BCUT2D eigenvalue weighted by atomic mass is 10.0. The Morgan fingerprint density at radius 2 is 1.67 bits per heavy atom. The van der Waals surface area contributed by atoms with Crippen LogP contribution in [0.2, 0.25) is 0 Å². The molecule has 0 aliphatic carbocycles. The fourth-order valence-electron chi connectivity index (χ4n) is 4.57. The first-order valence-corrected chi connectivity index (χ1v) is 16.4. The Hall–Kier alpha value is -3.25. The second-order valence-corrected chi connectivity index (χ2v) is 13.6. The van der Waals surface area contributed by atoms with Crippen LogP contribution in [0.1, 0.15) is 37.4 Å². The van der Waals surface area contributed by atoms with Crippen LogP contribution in [0.25, 0.3) is 11.1 Å². The minimum atomic E-state index is -3.82. The maximum atomic E-state index is 13.6. The molecule has 3 N–H and O–H groups in total. The first kappa shape index (κ1) is 31.7. The molecule has 1 amide bonds. The Kier molecular flexibility index (Phi) is 10.8. The van der Waals surface area contributed by atoms with Crippen LogP contribution in [0.3, 0.4) is 0 Å². The van der Waals surface area contributed by atoms with Gasteiger partial charge in [0.15, 0.2) is 0 Å². The van der Waals surface area contributed by atoms with Crippen LogP contribution < -0.4 is 11.1 Å². The van der Waals surface area contributed by atoms with Crippen LogP contribution in [0.5, 0.6) is 0 Å². The molecule has 1 aliphatic rings. The van der Waals surface area contributed by atoms with Crippen LogP contribution >= 0.6 is 11.8 Å². The molecule has 0 radical (unpaired) electrons. The van der Waals surface area contributed by atoms with Crippen molar-refractivity contribution < 1.29 is 27.1 Å². The number of hydrogen-bond acceptors (Lipinski definition) is 7. The van der Waals surface area contributed by atoms with Crippen molar-refractivity contribution in [3.05, 3.63) is 95.8 Å². The first-order chi connectivity index (χ1) is 20.0. The van der Waals surface area contributed by atoms with Crippen molar-refractivity contribution in [3.63, 3.8) is 0 Å². The predicted molar refractivity (Wildman–Crippen MR) is 163 cm³/mol. The van der Waals surface area contributed by atoms with Gasteiger partial charge in [0.2, 0.25) is 15.9 Å². The Morgan fingerprint density at radius 1 is 1.02 bits per heavy atom. The number of benzene rings is 3. The van der Waals surface area contributed by atoms with E-state index >= 15 is 0 Å². The summed E-state index contributed by atoms with van der Waals surface area (Å²) < 4.78 is 47.1. The van der Waals surface area contributed by atoms with E-state index in [1.165, 1.54) is 40.3 Å². The molecule has 1 aliphatic heterocycles. The van der Waals surface area contributed by atoms with Gasteiger partial charge in [-0.05, 0) is 40.3 Å². The van der Waals surface area contributed by atoms with Gasteiger partial charge in [0.05, 0.1) is 18.4 Å². The number of amides is 1. The lowest BCUT2D eigenvalue weighted by molar-refractivity contribution is -0.146. The number of sulfonamides is 1. The van der Waals surface area contributed by atoms with E-state index in [9.17, 15) is 22.4 Å². The number of rotatable bonds is 12. The van der Waals surface area contributed by atoms with Gasteiger partial charge < -0.3 is 15.8 Å². The summed E-state index contributed by atoms with van der Waals surface area (Å²) in [7, 11) is -3.82. The summed E-state index contributed by atoms with van der Waals surface area (Å²) in [5.74, 6) is -1.33. The standard InChI is InChI=1S/C31H36FN3O5S2/c1-21(2)28(33)31(37)40-18-16-27(25-12-14-26(32)15-13-25)34-29(36)30-35(17-19-41-30)42(38,39)20-22-8-10-24(11-9-22)23-6-4-3-5-7-23/h3-15,21,27-28,30H,16-20,33H2,1-2H3,(H,34,36)/t27-,28-,30-/m0/s1. The normalized spacial score (nSPS) is 17.1. The largest absolute Gasteiger partial charge is 0.464 e. The molecular weight excluding hydrogens is 577 g/mol. The molecule has 1 heterocycles. The summed E-state index contributed by atoms with van der Waals surface area (Å²) in [6.07, 6.45) is 0.200. The average molecular weight is 614 g/mol. The molecule has 1 fully saturated rings. The summed E-state index contributed by atoms with van der Waals surface area (Å²) >= 11 is 1.24. The maximum Gasteiger partial charge on any atom is 0.323 e. The predicted octanol–water partition coefficient (Wildman–Crippen LogP) is 4.47. The molecule has 0 spiro atoms. The van der Waals surface area contributed by atoms with Gasteiger partial charge in [0.25, 0.3) is 0 Å². The van der Waals surface area contributed by atoms with Gasteiger partial charge in [-0.1, -0.05) is 80.6 Å². The van der Waals surface area contributed by atoms with E-state index < -0.39 is 45.2 Å². The molecule has 8 nitrogen and oxygen atoms in total. The van der Waals surface area contributed by atoms with Gasteiger partial charge in [-0.15, -0.1) is 11.8 Å². The highest BCUT2D eigenvalue weighted by molar-refractivity contribution is 8.02. The monoisotopic (exact) mass is 613 g/mol. The summed E-state index contributed by atoms with van der Waals surface area (Å²) in [6.45, 7) is 3.80. The molecule has 0 aromatic heterocycles. The lowest BCUT2D eigenvalue weighted by Gasteiger charge is -2.26. The van der Waals surface area contributed by atoms with Crippen molar-refractivity contribution in [1.29, 1.82) is 0 Å². The maximum absolute atomic E-state index is 13.6. The second-order valence-electron chi connectivity index (χ2n) is 10.5. The van der Waals surface area contributed by atoms with Gasteiger partial charge in [-0.25, -0.2) is 12.8 Å². The van der Waals surface area contributed by atoms with Crippen molar-refractivity contribution in [2.75, 3.05) is 18.9 Å². The molecule has 11 heteroatoms. The number of halogens is 1. The lowest BCUT2D eigenvalue weighted by Crippen LogP contribution is -2.46. The van der Waals surface area contributed by atoms with Crippen molar-refractivity contribution >= 4 is 33.7 Å². The highest BCUT2D eigenvalue weighted by Crippen LogP contribution is 2.30. The zero-order chi connectivity index (χ0) is 30.3. The smallest absolute Gasteiger partial charge is 0.323 e. The molecule has 42 heavy (non-hydrogen) atoms. The Morgan fingerprint density at radius 3 is 2.31 bits per heavy atom. The Balaban J connectivity index is 1.43.